The SMILES string of the molecule is Cc1nc(Cl)sc1S(=O)(=O)Nc1nc2ccccc2s1. The Hall–Kier alpha value is -1.22. The van der Waals surface area contributed by atoms with Gasteiger partial charge in [0.05, 0.1) is 15.9 Å². The molecule has 0 aliphatic rings. The maximum absolute atomic E-state index is 12.3. The number of aryl methyl sites for hydroxylation is 1. The summed E-state index contributed by atoms with van der Waals surface area (Å²) in [5.74, 6) is 0. The van der Waals surface area contributed by atoms with Crippen molar-refractivity contribution < 1.29 is 8.42 Å². The Balaban J connectivity index is 1.99. The number of halogens is 1. The molecule has 104 valence electrons. The normalized spacial score (nSPS) is 11.9. The quantitative estimate of drug-likeness (QED) is 0.788. The fraction of sp³-hybridized carbons (Fsp3) is 0.0909. The second kappa shape index (κ2) is 4.96. The second-order valence-electron chi connectivity index (χ2n) is 3.93. The molecule has 20 heavy (non-hydrogen) atoms. The van der Waals surface area contributed by atoms with Crippen molar-refractivity contribution in [2.75, 3.05) is 4.72 Å². The summed E-state index contributed by atoms with van der Waals surface area (Å²) < 4.78 is 28.3. The lowest BCUT2D eigenvalue weighted by molar-refractivity contribution is 0.602. The van der Waals surface area contributed by atoms with Gasteiger partial charge in [0.2, 0.25) is 0 Å². The molecule has 9 heteroatoms. The third-order valence-corrected chi connectivity index (χ3v) is 6.78. The third kappa shape index (κ3) is 2.51. The van der Waals surface area contributed by atoms with Gasteiger partial charge in [0.1, 0.15) is 0 Å². The summed E-state index contributed by atoms with van der Waals surface area (Å²) >= 11 is 7.95. The van der Waals surface area contributed by atoms with E-state index < -0.39 is 10.0 Å². The zero-order valence-electron chi connectivity index (χ0n) is 10.1. The van der Waals surface area contributed by atoms with E-state index in [2.05, 4.69) is 14.7 Å². The minimum Gasteiger partial charge on any atom is -0.254 e. The van der Waals surface area contributed by atoms with Gasteiger partial charge in [-0.2, -0.15) is 0 Å². The summed E-state index contributed by atoms with van der Waals surface area (Å²) in [6.07, 6.45) is 0. The van der Waals surface area contributed by atoms with E-state index in [0.29, 0.717) is 10.8 Å². The summed E-state index contributed by atoms with van der Waals surface area (Å²) in [6, 6.07) is 7.46. The lowest BCUT2D eigenvalue weighted by atomic mass is 10.3. The Kier molecular flexibility index (Phi) is 3.41. The average Bonchev–Trinajstić information content (AvgIpc) is 2.91. The molecule has 5 nitrogen and oxygen atoms in total. The Bertz CT molecular complexity index is 852. The van der Waals surface area contributed by atoms with Gasteiger partial charge in [-0.05, 0) is 19.1 Å². The number of anilines is 1. The van der Waals surface area contributed by atoms with Gasteiger partial charge in [0.15, 0.2) is 13.8 Å². The number of hydrogen-bond acceptors (Lipinski definition) is 6. The minimum absolute atomic E-state index is 0.113. The number of hydrogen-bond donors (Lipinski definition) is 1. The fourth-order valence-corrected chi connectivity index (χ4v) is 5.52. The number of fused-ring (bicyclic) bond motifs is 1. The van der Waals surface area contributed by atoms with E-state index in [0.717, 1.165) is 21.6 Å². The molecule has 0 spiro atoms. The number of thiazole rings is 2. The standard InChI is InChI=1S/C11H8ClN3O2S3/c1-6-9(19-10(12)13-6)20(16,17)15-11-14-7-4-2-3-5-8(7)18-11/h2-5H,1H3,(H,14,15). The number of nitrogens with zero attached hydrogens (tertiary/aromatic N) is 2. The van der Waals surface area contributed by atoms with Crippen molar-refractivity contribution in [2.45, 2.75) is 11.1 Å². The molecule has 0 atom stereocenters. The van der Waals surface area contributed by atoms with Crippen LogP contribution in [-0.4, -0.2) is 18.4 Å². The van der Waals surface area contributed by atoms with Gasteiger partial charge in [-0.25, -0.2) is 18.4 Å². The van der Waals surface area contributed by atoms with E-state index in [9.17, 15) is 8.42 Å². The molecule has 1 N–H and O–H groups in total. The van der Waals surface area contributed by atoms with Crippen molar-refractivity contribution in [2.24, 2.45) is 0 Å². The molecule has 0 saturated heterocycles. The first-order chi connectivity index (χ1) is 9.45. The van der Waals surface area contributed by atoms with E-state index in [1.165, 1.54) is 11.3 Å². The van der Waals surface area contributed by atoms with Gasteiger partial charge in [-0.15, -0.1) is 0 Å². The zero-order valence-corrected chi connectivity index (χ0v) is 13.3. The molecule has 2 aromatic heterocycles. The van der Waals surface area contributed by atoms with Crippen molar-refractivity contribution in [3.05, 3.63) is 34.4 Å². The lowest BCUT2D eigenvalue weighted by Crippen LogP contribution is -2.12. The first-order valence-corrected chi connectivity index (χ1v) is 8.96. The topological polar surface area (TPSA) is 72.0 Å². The number of para-hydroxylation sites is 1. The van der Waals surface area contributed by atoms with Crippen molar-refractivity contribution in [3.8, 4) is 0 Å². The van der Waals surface area contributed by atoms with Crippen LogP contribution in [0, 0.1) is 6.92 Å². The Labute approximate surface area is 128 Å². The number of sulfonamides is 1. The van der Waals surface area contributed by atoms with Crippen LogP contribution in [0.15, 0.2) is 28.5 Å². The van der Waals surface area contributed by atoms with E-state index in [1.807, 2.05) is 24.3 Å². The summed E-state index contributed by atoms with van der Waals surface area (Å²) in [4.78, 5) is 8.15. The van der Waals surface area contributed by atoms with Crippen LogP contribution in [0.4, 0.5) is 5.13 Å². The summed E-state index contributed by atoms with van der Waals surface area (Å²) in [6.45, 7) is 1.61. The van der Waals surface area contributed by atoms with Crippen LogP contribution in [0.25, 0.3) is 10.2 Å². The second-order valence-corrected chi connectivity index (χ2v) is 8.42. The van der Waals surface area contributed by atoms with Gasteiger partial charge >= 0.3 is 0 Å². The van der Waals surface area contributed by atoms with Gasteiger partial charge < -0.3 is 0 Å². The molecule has 0 fully saturated rings. The molecule has 3 rings (SSSR count). The monoisotopic (exact) mass is 345 g/mol. The van der Waals surface area contributed by atoms with Gasteiger partial charge in [0, 0.05) is 0 Å². The van der Waals surface area contributed by atoms with E-state index in [-0.39, 0.29) is 8.68 Å². The number of rotatable bonds is 3. The average molecular weight is 346 g/mol. The molecule has 3 aromatic rings. The van der Waals surface area contributed by atoms with Gasteiger partial charge in [0.25, 0.3) is 10.0 Å². The highest BCUT2D eigenvalue weighted by molar-refractivity contribution is 7.95. The number of nitrogens with one attached hydrogen (secondary N) is 1. The Morgan fingerprint density at radius 3 is 2.60 bits per heavy atom. The number of benzene rings is 1. The van der Waals surface area contributed by atoms with Gasteiger partial charge in [-0.3, -0.25) is 4.72 Å². The molecule has 0 amide bonds. The van der Waals surface area contributed by atoms with Crippen molar-refractivity contribution >= 4 is 59.6 Å². The van der Waals surface area contributed by atoms with E-state index in [4.69, 9.17) is 11.6 Å². The molecule has 0 unspecified atom stereocenters. The maximum atomic E-state index is 12.3. The van der Waals surface area contributed by atoms with Crippen molar-refractivity contribution in [3.63, 3.8) is 0 Å². The van der Waals surface area contributed by atoms with Crippen molar-refractivity contribution in [1.82, 2.24) is 9.97 Å². The van der Waals surface area contributed by atoms with E-state index in [1.54, 1.807) is 6.92 Å². The van der Waals surface area contributed by atoms with E-state index >= 15 is 0 Å². The molecule has 1 aromatic carbocycles. The Morgan fingerprint density at radius 1 is 1.20 bits per heavy atom. The highest BCUT2D eigenvalue weighted by atomic mass is 35.5. The predicted molar refractivity (Wildman–Crippen MR) is 82.3 cm³/mol. The van der Waals surface area contributed by atoms with Crippen LogP contribution in [-0.2, 0) is 10.0 Å². The van der Waals surface area contributed by atoms with Crippen LogP contribution < -0.4 is 4.72 Å². The first-order valence-electron chi connectivity index (χ1n) is 5.47. The zero-order chi connectivity index (χ0) is 14.3. The highest BCUT2D eigenvalue weighted by Crippen LogP contribution is 2.31. The summed E-state index contributed by atoms with van der Waals surface area (Å²) in [5.41, 5.74) is 1.14. The largest absolute Gasteiger partial charge is 0.275 e. The molecular formula is C11H8ClN3O2S3. The van der Waals surface area contributed by atoms with Crippen molar-refractivity contribution in [1.29, 1.82) is 0 Å². The molecule has 0 aliphatic heterocycles. The van der Waals surface area contributed by atoms with Crippen LogP contribution in [0.3, 0.4) is 0 Å². The molecular weight excluding hydrogens is 338 g/mol. The lowest BCUT2D eigenvalue weighted by Gasteiger charge is -2.02. The minimum atomic E-state index is -3.70. The smallest absolute Gasteiger partial charge is 0.254 e. The molecule has 0 aliphatic carbocycles. The number of aromatic nitrogens is 2. The predicted octanol–water partition coefficient (Wildman–Crippen LogP) is 3.52. The van der Waals surface area contributed by atoms with Gasteiger partial charge in [-0.1, -0.05) is 46.4 Å². The van der Waals surface area contributed by atoms with Crippen LogP contribution >= 0.6 is 34.3 Å². The first kappa shape index (κ1) is 13.7. The highest BCUT2D eigenvalue weighted by Gasteiger charge is 2.22. The summed E-state index contributed by atoms with van der Waals surface area (Å²) in [7, 11) is -3.70. The van der Waals surface area contributed by atoms with Crippen LogP contribution in [0.5, 0.6) is 0 Å². The third-order valence-electron chi connectivity index (χ3n) is 2.49. The molecule has 2 heterocycles. The summed E-state index contributed by atoms with van der Waals surface area (Å²) in [5, 5.41) is 0.329. The molecule has 0 saturated carbocycles. The fourth-order valence-electron chi connectivity index (χ4n) is 1.68. The Morgan fingerprint density at radius 2 is 1.95 bits per heavy atom. The molecule has 0 radical (unpaired) electrons. The maximum Gasteiger partial charge on any atom is 0.275 e. The van der Waals surface area contributed by atoms with Crippen LogP contribution in [0.1, 0.15) is 5.69 Å². The molecule has 0 bridgehead atoms. The van der Waals surface area contributed by atoms with Crippen LogP contribution in [0.2, 0.25) is 4.47 Å².